The highest BCUT2D eigenvalue weighted by Gasteiger charge is 2.27. The second-order valence-corrected chi connectivity index (χ2v) is 7.93. The van der Waals surface area contributed by atoms with Gasteiger partial charge in [0.1, 0.15) is 12.4 Å². The van der Waals surface area contributed by atoms with Gasteiger partial charge in [-0.1, -0.05) is 30.0 Å². The second kappa shape index (κ2) is 7.33. The first-order valence-corrected chi connectivity index (χ1v) is 10.5. The summed E-state index contributed by atoms with van der Waals surface area (Å²) in [4.78, 5) is 5.59. The first-order valence-electron chi connectivity index (χ1n) is 8.61. The number of aryl methyl sites for hydroxylation is 1. The Labute approximate surface area is 168 Å². The van der Waals surface area contributed by atoms with Gasteiger partial charge in [-0.15, -0.1) is 21.5 Å². The minimum absolute atomic E-state index is 0.329. The van der Waals surface area contributed by atoms with Crippen molar-refractivity contribution in [3.8, 4) is 22.3 Å². The van der Waals surface area contributed by atoms with E-state index in [0.29, 0.717) is 35.1 Å². The zero-order valence-electron chi connectivity index (χ0n) is 14.8. The number of nitrogens with zero attached hydrogens (tertiary/aromatic N) is 3. The highest BCUT2D eigenvalue weighted by atomic mass is 32.2. The number of fused-ring (bicyclic) bond motifs is 1. The van der Waals surface area contributed by atoms with Crippen molar-refractivity contribution in [3.05, 3.63) is 59.1 Å². The van der Waals surface area contributed by atoms with Crippen molar-refractivity contribution >= 4 is 23.1 Å². The van der Waals surface area contributed by atoms with E-state index in [1.807, 2.05) is 48.7 Å². The molecular weight excluding hydrogens is 398 g/mol. The third-order valence-corrected chi connectivity index (χ3v) is 5.85. The summed E-state index contributed by atoms with van der Waals surface area (Å²) in [5.74, 6) is 3.79. The maximum atomic E-state index is 5.90. The van der Waals surface area contributed by atoms with Crippen LogP contribution >= 0.6 is 23.1 Å². The monoisotopic (exact) mass is 413 g/mol. The van der Waals surface area contributed by atoms with Gasteiger partial charge in [0.05, 0.1) is 10.6 Å². The molecule has 3 aromatic heterocycles. The lowest BCUT2D eigenvalue weighted by molar-refractivity contribution is 0.0686. The SMILES string of the molecule is Cc1oc(-c2cccs2)nc1CSc1nnc(C2COc3ccccc3O2)o1. The highest BCUT2D eigenvalue weighted by Crippen LogP contribution is 2.36. The number of thioether (sulfide) groups is 1. The lowest BCUT2D eigenvalue weighted by atomic mass is 10.2. The van der Waals surface area contributed by atoms with Gasteiger partial charge in [-0.25, -0.2) is 4.98 Å². The van der Waals surface area contributed by atoms with Crippen molar-refractivity contribution in [2.45, 2.75) is 24.0 Å². The van der Waals surface area contributed by atoms with Gasteiger partial charge >= 0.3 is 0 Å². The molecular formula is C19H15N3O4S2. The van der Waals surface area contributed by atoms with Gasteiger partial charge in [-0.2, -0.15) is 0 Å². The maximum Gasteiger partial charge on any atom is 0.277 e. The average molecular weight is 413 g/mol. The summed E-state index contributed by atoms with van der Waals surface area (Å²) < 4.78 is 23.1. The molecule has 4 heterocycles. The first kappa shape index (κ1) is 17.3. The summed E-state index contributed by atoms with van der Waals surface area (Å²) in [5.41, 5.74) is 0.860. The lowest BCUT2D eigenvalue weighted by Gasteiger charge is -2.23. The summed E-state index contributed by atoms with van der Waals surface area (Å²) in [7, 11) is 0. The molecule has 0 spiro atoms. The van der Waals surface area contributed by atoms with Crippen LogP contribution in [0.4, 0.5) is 0 Å². The van der Waals surface area contributed by atoms with E-state index < -0.39 is 6.10 Å². The third kappa shape index (κ3) is 3.38. The number of benzene rings is 1. The molecule has 0 aliphatic carbocycles. The van der Waals surface area contributed by atoms with Crippen molar-refractivity contribution in [1.29, 1.82) is 0 Å². The standard InChI is InChI=1S/C19H15N3O4S2/c1-11-12(20-18(24-11)16-7-4-8-27-16)10-28-19-22-21-17(26-19)15-9-23-13-5-2-3-6-14(13)25-15/h2-8,15H,9-10H2,1H3. The zero-order chi connectivity index (χ0) is 18.9. The summed E-state index contributed by atoms with van der Waals surface area (Å²) in [5, 5.41) is 10.7. The molecule has 1 atom stereocenters. The van der Waals surface area contributed by atoms with E-state index in [9.17, 15) is 0 Å². The van der Waals surface area contributed by atoms with Crippen LogP contribution in [0.1, 0.15) is 23.4 Å². The number of aromatic nitrogens is 3. The number of hydrogen-bond acceptors (Lipinski definition) is 9. The van der Waals surface area contributed by atoms with Crippen molar-refractivity contribution in [2.75, 3.05) is 6.61 Å². The van der Waals surface area contributed by atoms with Crippen LogP contribution < -0.4 is 9.47 Å². The Hall–Kier alpha value is -2.78. The predicted octanol–water partition coefficient (Wildman–Crippen LogP) is 4.90. The summed E-state index contributed by atoms with van der Waals surface area (Å²) in [6.07, 6.45) is -0.420. The van der Waals surface area contributed by atoms with Crippen molar-refractivity contribution in [2.24, 2.45) is 0 Å². The molecule has 1 aliphatic rings. The average Bonchev–Trinajstić information content (AvgIpc) is 3.47. The van der Waals surface area contributed by atoms with Crippen LogP contribution in [-0.2, 0) is 5.75 Å². The molecule has 0 saturated carbocycles. The maximum absolute atomic E-state index is 5.90. The molecule has 9 heteroatoms. The fourth-order valence-electron chi connectivity index (χ4n) is 2.75. The molecule has 5 rings (SSSR count). The van der Waals surface area contributed by atoms with Crippen molar-refractivity contribution in [3.63, 3.8) is 0 Å². The van der Waals surface area contributed by atoms with Crippen LogP contribution in [0.3, 0.4) is 0 Å². The van der Waals surface area contributed by atoms with E-state index >= 15 is 0 Å². The minimum atomic E-state index is -0.420. The quantitative estimate of drug-likeness (QED) is 0.427. The highest BCUT2D eigenvalue weighted by molar-refractivity contribution is 7.98. The number of thiophene rings is 1. The van der Waals surface area contributed by atoms with Crippen LogP contribution in [0.5, 0.6) is 11.5 Å². The molecule has 1 aromatic carbocycles. The summed E-state index contributed by atoms with van der Waals surface area (Å²) in [6, 6.07) is 11.5. The van der Waals surface area contributed by atoms with E-state index in [1.165, 1.54) is 11.8 Å². The first-order chi connectivity index (χ1) is 13.8. The molecule has 142 valence electrons. The fraction of sp³-hybridized carbons (Fsp3) is 0.211. The molecule has 0 amide bonds. The number of oxazole rings is 1. The summed E-state index contributed by atoms with van der Waals surface area (Å²) >= 11 is 3.01. The van der Waals surface area contributed by atoms with Gasteiger partial charge < -0.3 is 18.3 Å². The molecule has 1 aliphatic heterocycles. The Morgan fingerprint density at radius 3 is 2.86 bits per heavy atom. The number of rotatable bonds is 5. The van der Waals surface area contributed by atoms with Crippen LogP contribution in [-0.4, -0.2) is 21.8 Å². The molecule has 0 fully saturated rings. The van der Waals surface area contributed by atoms with Crippen LogP contribution in [0.25, 0.3) is 10.8 Å². The zero-order valence-corrected chi connectivity index (χ0v) is 16.5. The molecule has 7 nitrogen and oxygen atoms in total. The van der Waals surface area contributed by atoms with Gasteiger partial charge in [-0.05, 0) is 30.5 Å². The van der Waals surface area contributed by atoms with Gasteiger partial charge in [0.2, 0.25) is 12.0 Å². The largest absolute Gasteiger partial charge is 0.485 e. The van der Waals surface area contributed by atoms with Gasteiger partial charge in [0.25, 0.3) is 11.1 Å². The molecule has 1 unspecified atom stereocenters. The van der Waals surface area contributed by atoms with E-state index in [0.717, 1.165) is 22.1 Å². The van der Waals surface area contributed by atoms with Gasteiger partial charge in [-0.3, -0.25) is 0 Å². The number of hydrogen-bond donors (Lipinski definition) is 0. The van der Waals surface area contributed by atoms with E-state index in [4.69, 9.17) is 18.3 Å². The van der Waals surface area contributed by atoms with Crippen molar-refractivity contribution < 1.29 is 18.3 Å². The van der Waals surface area contributed by atoms with E-state index in [2.05, 4.69) is 15.2 Å². The van der Waals surface area contributed by atoms with Crippen LogP contribution in [0.15, 0.2) is 55.8 Å². The molecule has 28 heavy (non-hydrogen) atoms. The van der Waals surface area contributed by atoms with Crippen LogP contribution in [0, 0.1) is 6.92 Å². The molecule has 0 saturated heterocycles. The Morgan fingerprint density at radius 1 is 1.11 bits per heavy atom. The fourth-order valence-corrected chi connectivity index (χ4v) is 4.17. The Bertz CT molecular complexity index is 1090. The normalized spacial score (nSPS) is 15.7. The number of para-hydroxylation sites is 2. The molecule has 0 bridgehead atoms. The smallest absolute Gasteiger partial charge is 0.277 e. The second-order valence-electron chi connectivity index (χ2n) is 6.06. The lowest BCUT2D eigenvalue weighted by Crippen LogP contribution is -2.21. The molecule has 0 N–H and O–H groups in total. The van der Waals surface area contributed by atoms with E-state index in [1.54, 1.807) is 11.3 Å². The summed E-state index contributed by atoms with van der Waals surface area (Å²) in [6.45, 7) is 2.24. The van der Waals surface area contributed by atoms with Crippen LogP contribution in [0.2, 0.25) is 0 Å². The van der Waals surface area contributed by atoms with Gasteiger partial charge in [0, 0.05) is 5.75 Å². The third-order valence-electron chi connectivity index (χ3n) is 4.16. The Kier molecular flexibility index (Phi) is 4.53. The van der Waals surface area contributed by atoms with Crippen molar-refractivity contribution in [1.82, 2.24) is 15.2 Å². The Morgan fingerprint density at radius 2 is 2.00 bits per heavy atom. The topological polar surface area (TPSA) is 83.4 Å². The molecule has 0 radical (unpaired) electrons. The van der Waals surface area contributed by atoms with E-state index in [-0.39, 0.29) is 0 Å². The predicted molar refractivity (Wildman–Crippen MR) is 104 cm³/mol. The minimum Gasteiger partial charge on any atom is -0.485 e. The molecule has 4 aromatic rings. The Balaban J connectivity index is 1.25. The number of ether oxygens (including phenoxy) is 2. The van der Waals surface area contributed by atoms with Gasteiger partial charge in [0.15, 0.2) is 11.5 Å².